The van der Waals surface area contributed by atoms with E-state index in [-0.39, 0.29) is 0 Å². The second-order valence-electron chi connectivity index (χ2n) is 1.93. The van der Waals surface area contributed by atoms with Gasteiger partial charge in [-0.15, -0.1) is 0 Å². The number of halogens is 1. The molecule has 0 saturated carbocycles. The Bertz CT molecular complexity index is 64.8. The minimum absolute atomic E-state index is 0.647. The van der Waals surface area contributed by atoms with Gasteiger partial charge >= 0.3 is 0 Å². The van der Waals surface area contributed by atoms with Gasteiger partial charge in [-0.05, 0) is 26.7 Å². The second-order valence-corrected chi connectivity index (χ2v) is 1.93. The molecule has 0 aromatic rings. The lowest BCUT2D eigenvalue weighted by atomic mass is 10.2. The maximum atomic E-state index is 12.0. The molecule has 0 nitrogen and oxygen atoms in total. The van der Waals surface area contributed by atoms with Gasteiger partial charge in [-0.3, -0.25) is 0 Å². The molecule has 1 atom stereocenters. The summed E-state index contributed by atoms with van der Waals surface area (Å²) in [5.41, 5.74) is 0. The van der Waals surface area contributed by atoms with Gasteiger partial charge in [-0.1, -0.05) is 12.2 Å². The van der Waals surface area contributed by atoms with Crippen LogP contribution in [0.2, 0.25) is 0 Å². The zero-order valence-electron chi connectivity index (χ0n) is 5.52. The number of alkyl halides is 1. The summed E-state index contributed by atoms with van der Waals surface area (Å²) in [6.45, 7) is 3.53. The molecular weight excluding hydrogens is 103 g/mol. The molecule has 0 aromatic heterocycles. The molecule has 0 radical (unpaired) electrons. The fourth-order valence-corrected chi connectivity index (χ4v) is 0.493. The lowest BCUT2D eigenvalue weighted by Gasteiger charge is -1.93. The van der Waals surface area contributed by atoms with Crippen LogP contribution in [0.15, 0.2) is 12.2 Å². The third-order valence-corrected chi connectivity index (χ3v) is 0.967. The highest BCUT2D eigenvalue weighted by molar-refractivity contribution is 4.76. The summed E-state index contributed by atoms with van der Waals surface area (Å²) in [4.78, 5) is 0. The molecule has 0 spiro atoms. The third kappa shape index (κ3) is 5.67. The lowest BCUT2D eigenvalue weighted by Crippen LogP contribution is -1.88. The zero-order chi connectivity index (χ0) is 6.41. The summed E-state index contributed by atoms with van der Waals surface area (Å²) in [6.07, 6.45) is 4.81. The van der Waals surface area contributed by atoms with Crippen molar-refractivity contribution in [2.45, 2.75) is 32.9 Å². The van der Waals surface area contributed by atoms with Gasteiger partial charge in [0.15, 0.2) is 0 Å². The van der Waals surface area contributed by atoms with E-state index >= 15 is 0 Å². The van der Waals surface area contributed by atoms with E-state index in [1.54, 1.807) is 6.92 Å². The fraction of sp³-hybridized carbons (Fsp3) is 0.714. The molecule has 0 aliphatic heterocycles. The standard InChI is InChI=1S/C7H13F/c1-3-4-5-6-7(2)8/h3-4,7H,5-6H2,1-2H3/b4-3-. The van der Waals surface area contributed by atoms with Crippen molar-refractivity contribution in [1.82, 2.24) is 0 Å². The molecule has 1 unspecified atom stereocenters. The van der Waals surface area contributed by atoms with E-state index in [1.807, 2.05) is 19.1 Å². The van der Waals surface area contributed by atoms with Gasteiger partial charge in [-0.2, -0.15) is 0 Å². The van der Waals surface area contributed by atoms with Crippen LogP contribution in [-0.2, 0) is 0 Å². The smallest absolute Gasteiger partial charge is 0.0976 e. The van der Waals surface area contributed by atoms with Crippen LogP contribution >= 0.6 is 0 Å². The summed E-state index contributed by atoms with van der Waals surface area (Å²) in [7, 11) is 0. The average Bonchev–Trinajstić information content (AvgIpc) is 1.66. The summed E-state index contributed by atoms with van der Waals surface area (Å²) in [5.74, 6) is 0. The Morgan fingerprint density at radius 2 is 2.25 bits per heavy atom. The van der Waals surface area contributed by atoms with Crippen molar-refractivity contribution >= 4 is 0 Å². The molecule has 0 aliphatic rings. The molecule has 0 aromatic carbocycles. The molecular formula is C7H13F. The Hall–Kier alpha value is -0.330. The van der Waals surface area contributed by atoms with Gasteiger partial charge in [0.1, 0.15) is 0 Å². The van der Waals surface area contributed by atoms with E-state index in [2.05, 4.69) is 0 Å². The molecule has 0 rings (SSSR count). The molecule has 0 fully saturated rings. The van der Waals surface area contributed by atoms with Crippen molar-refractivity contribution in [3.05, 3.63) is 12.2 Å². The van der Waals surface area contributed by atoms with Crippen LogP contribution in [-0.4, -0.2) is 6.17 Å². The van der Waals surface area contributed by atoms with Crippen molar-refractivity contribution in [1.29, 1.82) is 0 Å². The fourth-order valence-electron chi connectivity index (χ4n) is 0.493. The summed E-state index contributed by atoms with van der Waals surface area (Å²) in [5, 5.41) is 0. The number of hydrogen-bond acceptors (Lipinski definition) is 0. The van der Waals surface area contributed by atoms with Crippen molar-refractivity contribution in [2.24, 2.45) is 0 Å². The van der Waals surface area contributed by atoms with E-state index in [0.29, 0.717) is 6.42 Å². The van der Waals surface area contributed by atoms with Gasteiger partial charge in [0.2, 0.25) is 0 Å². The van der Waals surface area contributed by atoms with Crippen molar-refractivity contribution in [3.8, 4) is 0 Å². The molecule has 0 heterocycles. The highest BCUT2D eigenvalue weighted by Crippen LogP contribution is 1.99. The van der Waals surface area contributed by atoms with E-state index in [0.717, 1.165) is 6.42 Å². The van der Waals surface area contributed by atoms with Crippen LogP contribution in [0.25, 0.3) is 0 Å². The van der Waals surface area contributed by atoms with E-state index in [4.69, 9.17) is 0 Å². The van der Waals surface area contributed by atoms with Crippen LogP contribution < -0.4 is 0 Å². The highest BCUT2D eigenvalue weighted by Gasteiger charge is 1.92. The molecule has 0 N–H and O–H groups in total. The average molecular weight is 116 g/mol. The molecule has 0 amide bonds. The van der Waals surface area contributed by atoms with Crippen molar-refractivity contribution in [2.75, 3.05) is 0 Å². The minimum atomic E-state index is -0.647. The highest BCUT2D eigenvalue weighted by atomic mass is 19.1. The number of hydrogen-bond donors (Lipinski definition) is 0. The van der Waals surface area contributed by atoms with Gasteiger partial charge in [0.05, 0.1) is 6.17 Å². The van der Waals surface area contributed by atoms with Gasteiger partial charge < -0.3 is 0 Å². The van der Waals surface area contributed by atoms with Crippen LogP contribution in [0, 0.1) is 0 Å². The normalized spacial score (nSPS) is 14.9. The van der Waals surface area contributed by atoms with E-state index < -0.39 is 6.17 Å². The molecule has 8 heavy (non-hydrogen) atoms. The van der Waals surface area contributed by atoms with Gasteiger partial charge in [0, 0.05) is 0 Å². The first-order valence-corrected chi connectivity index (χ1v) is 3.02. The third-order valence-electron chi connectivity index (χ3n) is 0.967. The van der Waals surface area contributed by atoms with Crippen molar-refractivity contribution in [3.63, 3.8) is 0 Å². The van der Waals surface area contributed by atoms with Gasteiger partial charge in [-0.25, -0.2) is 4.39 Å². The Kier molecular flexibility index (Phi) is 4.62. The van der Waals surface area contributed by atoms with Crippen LogP contribution in [0.1, 0.15) is 26.7 Å². The molecule has 1 heteroatoms. The molecule has 0 saturated heterocycles. The maximum absolute atomic E-state index is 12.0. The number of rotatable bonds is 3. The van der Waals surface area contributed by atoms with Gasteiger partial charge in [0.25, 0.3) is 0 Å². The lowest BCUT2D eigenvalue weighted by molar-refractivity contribution is 0.343. The maximum Gasteiger partial charge on any atom is 0.0976 e. The minimum Gasteiger partial charge on any atom is -0.248 e. The largest absolute Gasteiger partial charge is 0.248 e. The zero-order valence-corrected chi connectivity index (χ0v) is 5.52. The second kappa shape index (κ2) is 4.82. The van der Waals surface area contributed by atoms with Crippen molar-refractivity contribution < 1.29 is 4.39 Å². The van der Waals surface area contributed by atoms with Crippen LogP contribution in [0.3, 0.4) is 0 Å². The SMILES string of the molecule is C/C=C\CCC(C)F. The van der Waals surface area contributed by atoms with E-state index in [9.17, 15) is 4.39 Å². The monoisotopic (exact) mass is 116 g/mol. The first kappa shape index (κ1) is 7.67. The Morgan fingerprint density at radius 1 is 1.62 bits per heavy atom. The predicted molar refractivity (Wildman–Crippen MR) is 34.6 cm³/mol. The number of allylic oxidation sites excluding steroid dienone is 2. The first-order valence-electron chi connectivity index (χ1n) is 3.02. The first-order chi connectivity index (χ1) is 3.77. The molecule has 0 bridgehead atoms. The summed E-state index contributed by atoms with van der Waals surface area (Å²) >= 11 is 0. The molecule has 0 aliphatic carbocycles. The van der Waals surface area contributed by atoms with Crippen LogP contribution in [0.4, 0.5) is 4.39 Å². The summed E-state index contributed by atoms with van der Waals surface area (Å²) in [6, 6.07) is 0. The Morgan fingerprint density at radius 3 is 2.62 bits per heavy atom. The summed E-state index contributed by atoms with van der Waals surface area (Å²) < 4.78 is 12.0. The van der Waals surface area contributed by atoms with E-state index in [1.165, 1.54) is 0 Å². The predicted octanol–water partition coefficient (Wildman–Crippen LogP) is 2.70. The Labute approximate surface area is 50.4 Å². The quantitative estimate of drug-likeness (QED) is 0.497. The Balaban J connectivity index is 2.93. The molecule has 48 valence electrons. The topological polar surface area (TPSA) is 0 Å². The van der Waals surface area contributed by atoms with Crippen LogP contribution in [0.5, 0.6) is 0 Å².